The second kappa shape index (κ2) is 8.43. The molecule has 2 aromatic carbocycles. The SMILES string of the molecule is COc1ccc(-c2nnc([C@@H](C)OC(=O)c3cc4ccc(OC)cc4nc3C)o2)cc1. The molecule has 1 atom stereocenters. The number of aromatic nitrogens is 3. The number of carbonyl (C=O) groups excluding carboxylic acids is 1. The van der Waals surface area contributed by atoms with Crippen LogP contribution >= 0.6 is 0 Å². The first-order valence-electron chi connectivity index (χ1n) is 9.62. The van der Waals surface area contributed by atoms with Crippen molar-refractivity contribution in [2.45, 2.75) is 20.0 Å². The van der Waals surface area contributed by atoms with Gasteiger partial charge in [-0.1, -0.05) is 0 Å². The van der Waals surface area contributed by atoms with Gasteiger partial charge in [-0.3, -0.25) is 4.98 Å². The molecule has 0 aliphatic carbocycles. The zero-order valence-corrected chi connectivity index (χ0v) is 17.6. The van der Waals surface area contributed by atoms with Crippen LogP contribution in [0.15, 0.2) is 52.9 Å². The Labute approximate surface area is 178 Å². The van der Waals surface area contributed by atoms with E-state index in [0.29, 0.717) is 22.9 Å². The topological polar surface area (TPSA) is 96.6 Å². The first-order valence-corrected chi connectivity index (χ1v) is 9.62. The highest BCUT2D eigenvalue weighted by Gasteiger charge is 2.22. The first kappa shape index (κ1) is 20.3. The minimum atomic E-state index is -0.724. The molecule has 158 valence electrons. The lowest BCUT2D eigenvalue weighted by Gasteiger charge is -2.12. The molecular formula is C23H21N3O5. The maximum absolute atomic E-state index is 12.8. The molecule has 0 fully saturated rings. The van der Waals surface area contributed by atoms with E-state index >= 15 is 0 Å². The van der Waals surface area contributed by atoms with E-state index in [1.807, 2.05) is 30.3 Å². The maximum Gasteiger partial charge on any atom is 0.340 e. The number of pyridine rings is 1. The second-order valence-electron chi connectivity index (χ2n) is 6.90. The molecule has 0 unspecified atom stereocenters. The van der Waals surface area contributed by atoms with Gasteiger partial charge in [-0.2, -0.15) is 0 Å². The van der Waals surface area contributed by atoms with Crippen molar-refractivity contribution in [2.24, 2.45) is 0 Å². The van der Waals surface area contributed by atoms with E-state index in [1.54, 1.807) is 46.3 Å². The fraction of sp³-hybridized carbons (Fsp3) is 0.217. The molecule has 0 radical (unpaired) electrons. The molecular weight excluding hydrogens is 398 g/mol. The summed E-state index contributed by atoms with van der Waals surface area (Å²) in [5, 5.41) is 8.87. The van der Waals surface area contributed by atoms with Crippen LogP contribution < -0.4 is 9.47 Å². The summed E-state index contributed by atoms with van der Waals surface area (Å²) in [7, 11) is 3.19. The van der Waals surface area contributed by atoms with E-state index < -0.39 is 12.1 Å². The molecule has 0 aliphatic rings. The third-order valence-electron chi connectivity index (χ3n) is 4.84. The Kier molecular flexibility index (Phi) is 5.53. The van der Waals surface area contributed by atoms with E-state index in [9.17, 15) is 4.79 Å². The van der Waals surface area contributed by atoms with Gasteiger partial charge in [-0.15, -0.1) is 10.2 Å². The standard InChI is InChI=1S/C23H21N3O5/c1-13-19(11-16-7-10-18(29-4)12-20(16)24-13)23(27)30-14(2)21-25-26-22(31-21)15-5-8-17(28-3)9-6-15/h5-12,14H,1-4H3/t14-/m1/s1. The molecule has 4 aromatic rings. The number of fused-ring (bicyclic) bond motifs is 1. The van der Waals surface area contributed by atoms with Crippen LogP contribution in [0.25, 0.3) is 22.4 Å². The maximum atomic E-state index is 12.8. The highest BCUT2D eigenvalue weighted by atomic mass is 16.6. The summed E-state index contributed by atoms with van der Waals surface area (Å²) in [5.74, 6) is 1.45. The molecule has 0 saturated carbocycles. The molecule has 31 heavy (non-hydrogen) atoms. The molecule has 0 aliphatic heterocycles. The number of ether oxygens (including phenoxy) is 3. The minimum absolute atomic E-state index is 0.204. The van der Waals surface area contributed by atoms with Crippen LogP contribution in [-0.2, 0) is 4.74 Å². The summed E-state index contributed by atoms with van der Waals surface area (Å²) >= 11 is 0. The predicted octanol–water partition coefficient (Wildman–Crippen LogP) is 4.53. The average molecular weight is 419 g/mol. The summed E-state index contributed by atoms with van der Waals surface area (Å²) in [6.45, 7) is 3.44. The van der Waals surface area contributed by atoms with Crippen molar-refractivity contribution in [3.8, 4) is 23.0 Å². The van der Waals surface area contributed by atoms with Crippen LogP contribution in [0.1, 0.15) is 35.0 Å². The first-order chi connectivity index (χ1) is 15.0. The summed E-state index contributed by atoms with van der Waals surface area (Å²) in [5.41, 5.74) is 2.41. The number of carbonyl (C=O) groups is 1. The highest BCUT2D eigenvalue weighted by molar-refractivity contribution is 5.95. The number of nitrogens with zero attached hydrogens (tertiary/aromatic N) is 3. The summed E-state index contributed by atoms with van der Waals surface area (Å²) in [6.07, 6.45) is -0.724. The number of benzene rings is 2. The molecule has 0 saturated heterocycles. The van der Waals surface area contributed by atoms with Gasteiger partial charge >= 0.3 is 5.97 Å². The number of esters is 1. The smallest absolute Gasteiger partial charge is 0.340 e. The van der Waals surface area contributed by atoms with Crippen molar-refractivity contribution >= 4 is 16.9 Å². The van der Waals surface area contributed by atoms with Gasteiger partial charge in [0.05, 0.1) is 31.0 Å². The fourth-order valence-corrected chi connectivity index (χ4v) is 3.10. The van der Waals surface area contributed by atoms with E-state index in [1.165, 1.54) is 0 Å². The lowest BCUT2D eigenvalue weighted by atomic mass is 10.1. The van der Waals surface area contributed by atoms with Gasteiger partial charge in [0.15, 0.2) is 6.10 Å². The number of methoxy groups -OCH3 is 2. The Morgan fingerprint density at radius 2 is 1.68 bits per heavy atom. The summed E-state index contributed by atoms with van der Waals surface area (Å²) in [6, 6.07) is 14.5. The lowest BCUT2D eigenvalue weighted by Crippen LogP contribution is -2.12. The van der Waals surface area contributed by atoms with Gasteiger partial charge in [0, 0.05) is 17.0 Å². The van der Waals surface area contributed by atoms with Gasteiger partial charge in [-0.25, -0.2) is 4.79 Å². The number of aryl methyl sites for hydroxylation is 1. The van der Waals surface area contributed by atoms with Crippen molar-refractivity contribution in [1.29, 1.82) is 0 Å². The summed E-state index contributed by atoms with van der Waals surface area (Å²) < 4.78 is 21.6. The number of hydrogen-bond acceptors (Lipinski definition) is 8. The third-order valence-corrected chi connectivity index (χ3v) is 4.84. The lowest BCUT2D eigenvalue weighted by molar-refractivity contribution is 0.0278. The van der Waals surface area contributed by atoms with E-state index in [4.69, 9.17) is 18.6 Å². The van der Waals surface area contributed by atoms with Crippen molar-refractivity contribution < 1.29 is 23.4 Å². The number of hydrogen-bond donors (Lipinski definition) is 0. The molecule has 4 rings (SSSR count). The van der Waals surface area contributed by atoms with Gasteiger partial charge in [-0.05, 0) is 56.3 Å². The van der Waals surface area contributed by atoms with Crippen molar-refractivity contribution in [3.05, 3.63) is 65.7 Å². The van der Waals surface area contributed by atoms with E-state index in [2.05, 4.69) is 15.2 Å². The Morgan fingerprint density at radius 3 is 2.39 bits per heavy atom. The monoisotopic (exact) mass is 419 g/mol. The van der Waals surface area contributed by atoms with E-state index in [-0.39, 0.29) is 5.89 Å². The molecule has 0 spiro atoms. The van der Waals surface area contributed by atoms with Crippen LogP contribution in [0.4, 0.5) is 0 Å². The minimum Gasteiger partial charge on any atom is -0.497 e. The Morgan fingerprint density at radius 1 is 0.968 bits per heavy atom. The average Bonchev–Trinajstić information content (AvgIpc) is 3.28. The van der Waals surface area contributed by atoms with Gasteiger partial charge < -0.3 is 18.6 Å². The molecule has 2 aromatic heterocycles. The van der Waals surface area contributed by atoms with Crippen LogP contribution in [0, 0.1) is 6.92 Å². The number of rotatable bonds is 6. The van der Waals surface area contributed by atoms with Crippen LogP contribution in [0.3, 0.4) is 0 Å². The van der Waals surface area contributed by atoms with Crippen molar-refractivity contribution in [2.75, 3.05) is 14.2 Å². The van der Waals surface area contributed by atoms with Crippen molar-refractivity contribution in [3.63, 3.8) is 0 Å². The van der Waals surface area contributed by atoms with Crippen molar-refractivity contribution in [1.82, 2.24) is 15.2 Å². The molecule has 8 nitrogen and oxygen atoms in total. The molecule has 0 N–H and O–H groups in total. The predicted molar refractivity (Wildman–Crippen MR) is 113 cm³/mol. The fourth-order valence-electron chi connectivity index (χ4n) is 3.10. The van der Waals surface area contributed by atoms with Crippen LogP contribution in [-0.4, -0.2) is 35.4 Å². The van der Waals surface area contributed by atoms with Gasteiger partial charge in [0.25, 0.3) is 5.89 Å². The normalized spacial score (nSPS) is 11.9. The Hall–Kier alpha value is -3.94. The van der Waals surface area contributed by atoms with Gasteiger partial charge in [0.2, 0.25) is 5.89 Å². The van der Waals surface area contributed by atoms with Gasteiger partial charge in [0.1, 0.15) is 11.5 Å². The molecule has 0 bridgehead atoms. The van der Waals surface area contributed by atoms with Crippen LogP contribution in [0.5, 0.6) is 11.5 Å². The zero-order chi connectivity index (χ0) is 22.0. The Balaban J connectivity index is 1.52. The highest BCUT2D eigenvalue weighted by Crippen LogP contribution is 2.26. The van der Waals surface area contributed by atoms with E-state index in [0.717, 1.165) is 22.2 Å². The largest absolute Gasteiger partial charge is 0.497 e. The van der Waals surface area contributed by atoms with Crippen LogP contribution in [0.2, 0.25) is 0 Å². The third kappa shape index (κ3) is 4.18. The zero-order valence-electron chi connectivity index (χ0n) is 17.6. The Bertz CT molecular complexity index is 1230. The molecule has 2 heterocycles. The second-order valence-corrected chi connectivity index (χ2v) is 6.90. The molecule has 8 heteroatoms. The summed E-state index contributed by atoms with van der Waals surface area (Å²) in [4.78, 5) is 17.3. The quantitative estimate of drug-likeness (QED) is 0.421. The molecule has 0 amide bonds.